The van der Waals surface area contributed by atoms with Crippen molar-refractivity contribution in [2.24, 2.45) is 11.8 Å². The topological polar surface area (TPSA) is 80.8 Å². The van der Waals surface area contributed by atoms with Crippen molar-refractivity contribution in [1.82, 2.24) is 0 Å². The second kappa shape index (κ2) is 6.76. The van der Waals surface area contributed by atoms with Gasteiger partial charge in [-0.3, -0.25) is 19.2 Å². The summed E-state index contributed by atoms with van der Waals surface area (Å²) in [7, 11) is 0. The highest BCUT2D eigenvalue weighted by molar-refractivity contribution is 6.37. The third kappa shape index (κ3) is 2.45. The first-order valence-corrected chi connectivity index (χ1v) is 10.5. The highest BCUT2D eigenvalue weighted by atomic mass is 19.1. The number of nitrogens with zero attached hydrogens (tertiary/aromatic N) is 1. The predicted octanol–water partition coefficient (Wildman–Crippen LogP) is 3.52. The normalized spacial score (nSPS) is 25.1. The van der Waals surface area contributed by atoms with Crippen molar-refractivity contribution >= 4 is 29.1 Å². The molecule has 0 bridgehead atoms. The Labute approximate surface area is 187 Å². The molecule has 1 aliphatic carbocycles. The minimum absolute atomic E-state index is 0.176. The van der Waals surface area contributed by atoms with Crippen LogP contribution >= 0.6 is 0 Å². The van der Waals surface area contributed by atoms with E-state index in [1.54, 1.807) is 42.5 Å². The van der Waals surface area contributed by atoms with Crippen molar-refractivity contribution in [3.8, 4) is 0 Å². The number of imide groups is 1. The monoisotopic (exact) mass is 441 g/mol. The number of carbonyl (C=O) groups excluding carboxylic acids is 4. The molecule has 0 N–H and O–H groups in total. The lowest BCUT2D eigenvalue weighted by Crippen LogP contribution is -2.51. The summed E-state index contributed by atoms with van der Waals surface area (Å²) >= 11 is 0. The van der Waals surface area contributed by atoms with Crippen LogP contribution < -0.4 is 4.90 Å². The molecule has 6 nitrogen and oxygen atoms in total. The van der Waals surface area contributed by atoms with Crippen molar-refractivity contribution < 1.29 is 28.3 Å². The molecule has 2 amide bonds. The third-order valence-electron chi connectivity index (χ3n) is 6.73. The van der Waals surface area contributed by atoms with E-state index in [2.05, 4.69) is 0 Å². The van der Waals surface area contributed by atoms with Crippen LogP contribution in [0.15, 0.2) is 78.9 Å². The van der Waals surface area contributed by atoms with Gasteiger partial charge in [0.2, 0.25) is 29.0 Å². The Kier molecular flexibility index (Phi) is 4.04. The van der Waals surface area contributed by atoms with E-state index in [0.29, 0.717) is 5.56 Å². The molecule has 2 fully saturated rings. The summed E-state index contributed by atoms with van der Waals surface area (Å²) in [6.45, 7) is 0. The van der Waals surface area contributed by atoms with Gasteiger partial charge in [-0.25, -0.2) is 9.29 Å². The summed E-state index contributed by atoms with van der Waals surface area (Å²) in [5, 5.41) is 0. The fraction of sp³-hybridized carbons (Fsp3) is 0.154. The van der Waals surface area contributed by atoms with Gasteiger partial charge >= 0.3 is 0 Å². The molecule has 3 aromatic rings. The Morgan fingerprint density at radius 2 is 1.30 bits per heavy atom. The van der Waals surface area contributed by atoms with Gasteiger partial charge in [0.1, 0.15) is 5.82 Å². The number of halogens is 1. The maximum Gasteiger partial charge on any atom is 0.241 e. The summed E-state index contributed by atoms with van der Waals surface area (Å²) in [5.74, 6) is -5.43. The Morgan fingerprint density at radius 1 is 0.727 bits per heavy atom. The van der Waals surface area contributed by atoms with E-state index in [9.17, 15) is 23.6 Å². The van der Waals surface area contributed by atoms with E-state index in [1.807, 2.05) is 0 Å². The molecule has 0 saturated carbocycles. The number of amides is 2. The van der Waals surface area contributed by atoms with E-state index in [4.69, 9.17) is 4.74 Å². The summed E-state index contributed by atoms with van der Waals surface area (Å²) in [6.07, 6.45) is -0.972. The number of rotatable bonds is 2. The molecule has 0 aromatic heterocycles. The van der Waals surface area contributed by atoms with Gasteiger partial charge in [0, 0.05) is 11.1 Å². The van der Waals surface area contributed by atoms with Gasteiger partial charge in [0.05, 0.1) is 23.6 Å². The minimum atomic E-state index is -2.11. The number of ketones is 2. The van der Waals surface area contributed by atoms with E-state index in [-0.39, 0.29) is 16.8 Å². The first kappa shape index (κ1) is 19.7. The molecule has 6 rings (SSSR count). The van der Waals surface area contributed by atoms with E-state index in [1.165, 1.54) is 24.3 Å². The second-order valence-corrected chi connectivity index (χ2v) is 8.38. The number of ether oxygens (including phenoxy) is 1. The fourth-order valence-electron chi connectivity index (χ4n) is 5.31. The van der Waals surface area contributed by atoms with Crippen molar-refractivity contribution in [3.05, 3.63) is 101 Å². The molecule has 3 atom stereocenters. The Balaban J connectivity index is 1.55. The lowest BCUT2D eigenvalue weighted by atomic mass is 9.77. The zero-order valence-corrected chi connectivity index (χ0v) is 17.1. The molecular weight excluding hydrogens is 425 g/mol. The first-order chi connectivity index (χ1) is 15.9. The van der Waals surface area contributed by atoms with Crippen LogP contribution in [0.3, 0.4) is 0 Å². The van der Waals surface area contributed by atoms with Crippen LogP contribution in [0.1, 0.15) is 32.4 Å². The number of anilines is 1. The van der Waals surface area contributed by atoms with Gasteiger partial charge in [-0.15, -0.1) is 0 Å². The molecule has 7 heteroatoms. The number of carbonyl (C=O) groups is 4. The average molecular weight is 441 g/mol. The lowest BCUT2D eigenvalue weighted by Gasteiger charge is -2.27. The molecule has 0 radical (unpaired) electrons. The van der Waals surface area contributed by atoms with Gasteiger partial charge in [-0.1, -0.05) is 54.6 Å². The SMILES string of the molecule is O=C1[C@H]2[C@@H](C(=O)N1c1ccc(F)cc1)C1(O[C@H]2c2ccccc2)C(=O)c2ccccc2C1=O. The largest absolute Gasteiger partial charge is 0.349 e. The van der Waals surface area contributed by atoms with Crippen LogP contribution in [0.4, 0.5) is 10.1 Å². The fourth-order valence-corrected chi connectivity index (χ4v) is 5.31. The Hall–Kier alpha value is -3.97. The molecule has 2 heterocycles. The first-order valence-electron chi connectivity index (χ1n) is 10.5. The maximum absolute atomic E-state index is 13.7. The molecule has 33 heavy (non-hydrogen) atoms. The van der Waals surface area contributed by atoms with Gasteiger partial charge in [0.25, 0.3) is 0 Å². The van der Waals surface area contributed by atoms with Crippen LogP contribution in [0.25, 0.3) is 0 Å². The predicted molar refractivity (Wildman–Crippen MR) is 114 cm³/mol. The van der Waals surface area contributed by atoms with Crippen LogP contribution in [0.5, 0.6) is 0 Å². The maximum atomic E-state index is 13.7. The number of fused-ring (bicyclic) bond motifs is 3. The van der Waals surface area contributed by atoms with Crippen molar-refractivity contribution in [2.75, 3.05) is 4.90 Å². The number of hydrogen-bond acceptors (Lipinski definition) is 5. The smallest absolute Gasteiger partial charge is 0.241 e. The summed E-state index contributed by atoms with van der Waals surface area (Å²) in [5.41, 5.74) is -0.997. The highest BCUT2D eigenvalue weighted by Crippen LogP contribution is 2.57. The highest BCUT2D eigenvalue weighted by Gasteiger charge is 2.74. The minimum Gasteiger partial charge on any atom is -0.349 e. The zero-order valence-electron chi connectivity index (χ0n) is 17.1. The van der Waals surface area contributed by atoms with Crippen LogP contribution in [-0.4, -0.2) is 29.0 Å². The quantitative estimate of drug-likeness (QED) is 0.449. The van der Waals surface area contributed by atoms with Crippen LogP contribution in [-0.2, 0) is 14.3 Å². The number of benzene rings is 3. The standard InChI is InChI=1S/C26H16FNO5/c27-15-10-12-16(13-11-15)28-24(31)19-20(25(28)32)26(33-21(19)14-6-2-1-3-7-14)22(29)17-8-4-5-9-18(17)23(26)30/h1-13,19-21H/t19-,20-,21-/m0/s1. The van der Waals surface area contributed by atoms with Crippen LogP contribution in [0, 0.1) is 17.7 Å². The Bertz CT molecular complexity index is 1320. The Morgan fingerprint density at radius 3 is 1.91 bits per heavy atom. The van der Waals surface area contributed by atoms with Crippen molar-refractivity contribution in [3.63, 3.8) is 0 Å². The summed E-state index contributed by atoms with van der Waals surface area (Å²) in [4.78, 5) is 55.5. The van der Waals surface area contributed by atoms with Crippen LogP contribution in [0.2, 0.25) is 0 Å². The molecule has 2 aliphatic heterocycles. The number of hydrogen-bond donors (Lipinski definition) is 0. The summed E-state index contributed by atoms with van der Waals surface area (Å²) < 4.78 is 19.7. The molecular formula is C26H16FNO5. The zero-order chi connectivity index (χ0) is 22.9. The third-order valence-corrected chi connectivity index (χ3v) is 6.73. The van der Waals surface area contributed by atoms with Gasteiger partial charge in [-0.2, -0.15) is 0 Å². The second-order valence-electron chi connectivity index (χ2n) is 8.38. The van der Waals surface area contributed by atoms with Crippen molar-refractivity contribution in [1.29, 1.82) is 0 Å². The molecule has 1 spiro atoms. The van der Waals surface area contributed by atoms with Crippen molar-refractivity contribution in [2.45, 2.75) is 11.7 Å². The lowest BCUT2D eigenvalue weighted by molar-refractivity contribution is -0.127. The van der Waals surface area contributed by atoms with Gasteiger partial charge < -0.3 is 4.74 Å². The average Bonchev–Trinajstić information content (AvgIpc) is 3.41. The van der Waals surface area contributed by atoms with E-state index >= 15 is 0 Å². The molecule has 0 unspecified atom stereocenters. The molecule has 3 aromatic carbocycles. The van der Waals surface area contributed by atoms with E-state index in [0.717, 1.165) is 17.0 Å². The number of Topliss-reactive ketones (excluding diaryl/α,β-unsaturated/α-hetero) is 2. The molecule has 3 aliphatic rings. The molecule has 2 saturated heterocycles. The van der Waals surface area contributed by atoms with E-state index < -0.39 is 52.7 Å². The summed E-state index contributed by atoms with van der Waals surface area (Å²) in [6, 6.07) is 20.0. The molecule has 162 valence electrons. The van der Waals surface area contributed by atoms with Gasteiger partial charge in [-0.05, 0) is 29.8 Å². The van der Waals surface area contributed by atoms with Gasteiger partial charge in [0.15, 0.2) is 0 Å².